The molecule has 0 bridgehead atoms. The van der Waals surface area contributed by atoms with Crippen molar-refractivity contribution in [2.24, 2.45) is 5.92 Å². The zero-order valence-corrected chi connectivity index (χ0v) is 9.75. The van der Waals surface area contributed by atoms with Crippen LogP contribution in [0.4, 0.5) is 18.9 Å². The molecule has 0 aliphatic rings. The van der Waals surface area contributed by atoms with Gasteiger partial charge in [0.1, 0.15) is 0 Å². The molecule has 1 aromatic carbocycles. The van der Waals surface area contributed by atoms with Crippen LogP contribution in [0.3, 0.4) is 0 Å². The minimum absolute atomic E-state index is 0.164. The molecule has 0 spiro atoms. The van der Waals surface area contributed by atoms with Gasteiger partial charge in [0.25, 0.3) is 0 Å². The van der Waals surface area contributed by atoms with Crippen LogP contribution in [0, 0.1) is 5.92 Å². The minimum atomic E-state index is -4.29. The summed E-state index contributed by atoms with van der Waals surface area (Å²) in [4.78, 5) is 0.611. The van der Waals surface area contributed by atoms with Crippen molar-refractivity contribution in [3.05, 3.63) is 29.8 Å². The number of halogens is 3. The molecule has 0 unspecified atom stereocenters. The third-order valence-electron chi connectivity index (χ3n) is 2.00. The second-order valence-electron chi connectivity index (χ2n) is 3.72. The van der Waals surface area contributed by atoms with Crippen molar-refractivity contribution in [1.29, 1.82) is 0 Å². The molecule has 0 aliphatic heterocycles. The number of hydrogen-bond donors (Lipinski definition) is 1. The second-order valence-corrected chi connectivity index (χ2v) is 4.16. The highest BCUT2D eigenvalue weighted by Crippen LogP contribution is 2.29. The Labute approximate surface area is 97.7 Å². The quantitative estimate of drug-likeness (QED) is 0.789. The van der Waals surface area contributed by atoms with E-state index >= 15 is 0 Å². The molecule has 1 nitrogen and oxygen atoms in total. The lowest BCUT2D eigenvalue weighted by atomic mass is 10.2. The van der Waals surface area contributed by atoms with E-state index in [1.165, 1.54) is 12.1 Å². The number of alkyl halides is 3. The van der Waals surface area contributed by atoms with Crippen molar-refractivity contribution >= 4 is 22.9 Å². The van der Waals surface area contributed by atoms with Crippen LogP contribution in [0.15, 0.2) is 24.3 Å². The van der Waals surface area contributed by atoms with Gasteiger partial charge in [-0.3, -0.25) is 0 Å². The molecular formula is C11H12F3NS. The zero-order chi connectivity index (χ0) is 12.3. The number of anilines is 1. The summed E-state index contributed by atoms with van der Waals surface area (Å²) >= 11 is 5.03. The molecule has 0 aliphatic carbocycles. The predicted octanol–water partition coefficient (Wildman–Crippen LogP) is 4.10. The summed E-state index contributed by atoms with van der Waals surface area (Å²) in [5, 5.41) is 2.88. The fourth-order valence-corrected chi connectivity index (χ4v) is 1.15. The van der Waals surface area contributed by atoms with Gasteiger partial charge in [-0.25, -0.2) is 0 Å². The summed E-state index contributed by atoms with van der Waals surface area (Å²) in [5.41, 5.74) is -0.0831. The highest BCUT2D eigenvalue weighted by atomic mass is 32.1. The van der Waals surface area contributed by atoms with Crippen molar-refractivity contribution < 1.29 is 13.2 Å². The van der Waals surface area contributed by atoms with Gasteiger partial charge in [-0.05, 0) is 24.3 Å². The van der Waals surface area contributed by atoms with Crippen LogP contribution in [-0.4, -0.2) is 4.99 Å². The Hall–Kier alpha value is -1.10. The molecule has 0 atom stereocenters. The maximum Gasteiger partial charge on any atom is 0.416 e. The van der Waals surface area contributed by atoms with Gasteiger partial charge in [0, 0.05) is 11.6 Å². The highest BCUT2D eigenvalue weighted by molar-refractivity contribution is 7.80. The summed E-state index contributed by atoms with van der Waals surface area (Å²) in [6, 6.07) is 4.81. The first-order valence-electron chi connectivity index (χ1n) is 4.79. The number of rotatable bonds is 2. The van der Waals surface area contributed by atoms with Gasteiger partial charge in [-0.1, -0.05) is 26.1 Å². The van der Waals surface area contributed by atoms with Crippen molar-refractivity contribution in [3.63, 3.8) is 0 Å². The Kier molecular flexibility index (Phi) is 3.91. The van der Waals surface area contributed by atoms with Crippen LogP contribution in [0.2, 0.25) is 0 Å². The number of hydrogen-bond acceptors (Lipinski definition) is 1. The maximum absolute atomic E-state index is 12.3. The van der Waals surface area contributed by atoms with Crippen LogP contribution in [0.1, 0.15) is 19.4 Å². The van der Waals surface area contributed by atoms with Crippen LogP contribution in [-0.2, 0) is 6.18 Å². The molecule has 5 heteroatoms. The molecule has 88 valence electrons. The molecular weight excluding hydrogens is 235 g/mol. The lowest BCUT2D eigenvalue weighted by Crippen LogP contribution is -2.15. The van der Waals surface area contributed by atoms with Crippen molar-refractivity contribution in [1.82, 2.24) is 0 Å². The third-order valence-corrected chi connectivity index (χ3v) is 2.58. The second kappa shape index (κ2) is 4.82. The van der Waals surface area contributed by atoms with Gasteiger partial charge in [0.15, 0.2) is 0 Å². The average Bonchev–Trinajstić information content (AvgIpc) is 2.17. The standard InChI is InChI=1S/C11H12F3NS/c1-7(2)10(16)15-9-5-3-8(4-6-9)11(12,13)14/h3-7H,1-2H3,(H,15,16). The van der Waals surface area contributed by atoms with Gasteiger partial charge in [-0.2, -0.15) is 13.2 Å². The van der Waals surface area contributed by atoms with Gasteiger partial charge in [-0.15, -0.1) is 0 Å². The van der Waals surface area contributed by atoms with Crippen molar-refractivity contribution in [2.75, 3.05) is 5.32 Å². The molecule has 0 amide bonds. The summed E-state index contributed by atoms with van der Waals surface area (Å²) in [7, 11) is 0. The molecule has 16 heavy (non-hydrogen) atoms. The van der Waals surface area contributed by atoms with E-state index in [2.05, 4.69) is 5.32 Å². The van der Waals surface area contributed by atoms with Gasteiger partial charge in [0.05, 0.1) is 10.6 Å². The molecule has 0 heterocycles. The highest BCUT2D eigenvalue weighted by Gasteiger charge is 2.29. The third kappa shape index (κ3) is 3.48. The molecule has 0 fully saturated rings. The summed E-state index contributed by atoms with van der Waals surface area (Å²) in [6.45, 7) is 3.83. The first-order valence-corrected chi connectivity index (χ1v) is 5.19. The number of nitrogens with one attached hydrogen (secondary N) is 1. The first kappa shape index (κ1) is 13.0. The summed E-state index contributed by atoms with van der Waals surface area (Å²) in [5.74, 6) is 0.164. The smallest absolute Gasteiger partial charge is 0.350 e. The van der Waals surface area contributed by atoms with E-state index in [1.807, 2.05) is 13.8 Å². The van der Waals surface area contributed by atoms with Crippen LogP contribution >= 0.6 is 12.2 Å². The Morgan fingerprint density at radius 2 is 1.69 bits per heavy atom. The monoisotopic (exact) mass is 247 g/mol. The fourth-order valence-electron chi connectivity index (χ4n) is 1.03. The summed E-state index contributed by atoms with van der Waals surface area (Å²) in [6.07, 6.45) is -4.29. The van der Waals surface area contributed by atoms with Crippen molar-refractivity contribution in [2.45, 2.75) is 20.0 Å². The van der Waals surface area contributed by atoms with E-state index in [9.17, 15) is 13.2 Å². The van der Waals surface area contributed by atoms with Gasteiger partial charge in [0.2, 0.25) is 0 Å². The SMILES string of the molecule is CC(C)C(=S)Nc1ccc(C(F)(F)F)cc1. The first-order chi connectivity index (χ1) is 7.30. The van der Waals surface area contributed by atoms with E-state index < -0.39 is 11.7 Å². The molecule has 1 N–H and O–H groups in total. The van der Waals surface area contributed by atoms with Crippen LogP contribution in [0.25, 0.3) is 0 Å². The Balaban J connectivity index is 2.76. The van der Waals surface area contributed by atoms with E-state index in [0.29, 0.717) is 10.7 Å². The molecule has 0 saturated heterocycles. The van der Waals surface area contributed by atoms with Crippen LogP contribution < -0.4 is 5.32 Å². The van der Waals surface area contributed by atoms with E-state index in [0.717, 1.165) is 12.1 Å². The minimum Gasteiger partial charge on any atom is -0.350 e. The van der Waals surface area contributed by atoms with E-state index in [1.54, 1.807) is 0 Å². The molecule has 0 aromatic heterocycles. The molecule has 1 aromatic rings. The molecule has 0 radical (unpaired) electrons. The fraction of sp³-hybridized carbons (Fsp3) is 0.364. The lowest BCUT2D eigenvalue weighted by molar-refractivity contribution is -0.137. The van der Waals surface area contributed by atoms with Crippen LogP contribution in [0.5, 0.6) is 0 Å². The topological polar surface area (TPSA) is 12.0 Å². The zero-order valence-electron chi connectivity index (χ0n) is 8.93. The largest absolute Gasteiger partial charge is 0.416 e. The van der Waals surface area contributed by atoms with E-state index in [4.69, 9.17) is 12.2 Å². The molecule has 0 saturated carbocycles. The Morgan fingerprint density at radius 3 is 2.06 bits per heavy atom. The lowest BCUT2D eigenvalue weighted by Gasteiger charge is -2.12. The normalized spacial score (nSPS) is 11.6. The maximum atomic E-state index is 12.3. The predicted molar refractivity (Wildman–Crippen MR) is 62.5 cm³/mol. The van der Waals surface area contributed by atoms with Gasteiger partial charge >= 0.3 is 6.18 Å². The Bertz CT molecular complexity index is 368. The van der Waals surface area contributed by atoms with E-state index in [-0.39, 0.29) is 5.92 Å². The number of benzene rings is 1. The number of thiocarbonyl (C=S) groups is 1. The summed E-state index contributed by atoms with van der Waals surface area (Å²) < 4.78 is 36.8. The Morgan fingerprint density at radius 1 is 1.19 bits per heavy atom. The van der Waals surface area contributed by atoms with Gasteiger partial charge < -0.3 is 5.32 Å². The molecule has 1 rings (SSSR count). The van der Waals surface area contributed by atoms with Crippen molar-refractivity contribution in [3.8, 4) is 0 Å². The average molecular weight is 247 g/mol.